The van der Waals surface area contributed by atoms with Crippen molar-refractivity contribution in [3.63, 3.8) is 0 Å². The lowest BCUT2D eigenvalue weighted by Gasteiger charge is -2.04. The monoisotopic (exact) mass is 938 g/mol. The van der Waals surface area contributed by atoms with Crippen molar-refractivity contribution in [3.8, 4) is 45.3 Å². The molecule has 3 N–H and O–H groups in total. The van der Waals surface area contributed by atoms with Crippen molar-refractivity contribution in [3.05, 3.63) is 176 Å². The average Bonchev–Trinajstić information content (AvgIpc) is 4.13. The van der Waals surface area contributed by atoms with Crippen molar-refractivity contribution >= 4 is 21.8 Å². The van der Waals surface area contributed by atoms with Crippen molar-refractivity contribution < 1.29 is 8.78 Å². The van der Waals surface area contributed by atoms with Gasteiger partial charge in [0.25, 0.3) is 11.1 Å². The van der Waals surface area contributed by atoms with Crippen LogP contribution in [0.25, 0.3) is 67.1 Å². The Labute approximate surface area is 401 Å². The van der Waals surface area contributed by atoms with Gasteiger partial charge in [-0.25, -0.2) is 28.7 Å². The zero-order valence-corrected chi connectivity index (χ0v) is 38.3. The molecule has 0 radical (unpaired) electrons. The molecule has 2 saturated carbocycles. The summed E-state index contributed by atoms with van der Waals surface area (Å²) in [5, 5.41) is 10.6. The van der Waals surface area contributed by atoms with E-state index in [2.05, 4.69) is 24.9 Å². The molecule has 16 heteroatoms. The van der Waals surface area contributed by atoms with Crippen molar-refractivity contribution in [1.29, 1.82) is 0 Å². The Balaban J connectivity index is 0.000000160. The van der Waals surface area contributed by atoms with Crippen LogP contribution in [-0.2, 0) is 32.7 Å². The van der Waals surface area contributed by atoms with Crippen molar-refractivity contribution in [2.45, 2.75) is 84.7 Å². The number of fused-ring (bicyclic) bond motifs is 2. The van der Waals surface area contributed by atoms with E-state index >= 15 is 0 Å². The predicted molar refractivity (Wildman–Crippen MR) is 267 cm³/mol. The minimum atomic E-state index is -0.226. The lowest BCUT2D eigenvalue weighted by Crippen LogP contribution is -2.16. The molecule has 0 aliphatic heterocycles. The molecular formula is C54H52F2N12O2. The molecule has 6 aromatic heterocycles. The molecule has 10 aromatic rings. The Bertz CT molecular complexity index is 3640. The lowest BCUT2D eigenvalue weighted by atomic mass is 10.1. The van der Waals surface area contributed by atoms with Gasteiger partial charge in [0.05, 0.1) is 69.3 Å². The molecule has 14 nitrogen and oxygen atoms in total. The highest BCUT2D eigenvalue weighted by Crippen LogP contribution is 2.38. The van der Waals surface area contributed by atoms with Gasteiger partial charge < -0.3 is 19.5 Å². The van der Waals surface area contributed by atoms with Crippen LogP contribution in [0, 0.1) is 25.5 Å². The van der Waals surface area contributed by atoms with E-state index in [0.29, 0.717) is 59.6 Å². The van der Waals surface area contributed by atoms with E-state index in [-0.39, 0.29) is 30.2 Å². The van der Waals surface area contributed by atoms with Crippen LogP contribution in [0.5, 0.6) is 0 Å². The number of aromatic nitrogens is 12. The van der Waals surface area contributed by atoms with E-state index in [1.54, 1.807) is 19.2 Å². The number of nitrogens with zero attached hydrogens (tertiary/aromatic N) is 9. The molecule has 2 fully saturated rings. The minimum Gasteiger partial charge on any atom is -0.340 e. The number of rotatable bonds is 12. The fourth-order valence-electron chi connectivity index (χ4n) is 8.91. The highest BCUT2D eigenvalue weighted by molar-refractivity contribution is 5.87. The first-order valence-corrected chi connectivity index (χ1v) is 23.2. The van der Waals surface area contributed by atoms with E-state index in [0.717, 1.165) is 105 Å². The number of hydrogen-bond acceptors (Lipinski definition) is 8. The van der Waals surface area contributed by atoms with Crippen LogP contribution in [0.3, 0.4) is 0 Å². The third-order valence-corrected chi connectivity index (χ3v) is 12.7. The smallest absolute Gasteiger partial charge is 0.260 e. The number of nitrogens with one attached hydrogen (secondary N) is 3. The molecular weight excluding hydrogens is 887 g/mol. The van der Waals surface area contributed by atoms with Crippen molar-refractivity contribution in [2.24, 2.45) is 7.05 Å². The molecule has 354 valence electrons. The summed E-state index contributed by atoms with van der Waals surface area (Å²) >= 11 is 0. The van der Waals surface area contributed by atoms with Gasteiger partial charge >= 0.3 is 0 Å². The fraction of sp³-hybridized carbons (Fsp3) is 0.259. The van der Waals surface area contributed by atoms with Gasteiger partial charge in [0.1, 0.15) is 34.7 Å². The molecule has 0 atom stereocenters. The number of benzene rings is 4. The molecule has 6 heterocycles. The predicted octanol–water partition coefficient (Wildman–Crippen LogP) is 10.1. The van der Waals surface area contributed by atoms with Gasteiger partial charge in [-0.2, -0.15) is 10.2 Å². The summed E-state index contributed by atoms with van der Waals surface area (Å²) in [6, 6.07) is 26.3. The van der Waals surface area contributed by atoms with Gasteiger partial charge in [-0.1, -0.05) is 31.7 Å². The summed E-state index contributed by atoms with van der Waals surface area (Å²) in [7, 11) is 1.69. The summed E-state index contributed by atoms with van der Waals surface area (Å²) in [6.07, 6.45) is 14.1. The summed E-state index contributed by atoms with van der Waals surface area (Å²) < 4.78 is 33.2. The molecule has 4 aromatic carbocycles. The Kier molecular flexibility index (Phi) is 12.2. The molecule has 12 rings (SSSR count). The topological polar surface area (TPSA) is 174 Å². The number of halogens is 2. The zero-order valence-electron chi connectivity index (χ0n) is 38.3. The molecule has 2 aliphatic carbocycles. The minimum absolute atomic E-state index is 0. The Morgan fingerprint density at radius 3 is 1.61 bits per heavy atom. The molecule has 2 aliphatic rings. The maximum absolute atomic E-state index is 13.9. The van der Waals surface area contributed by atoms with Crippen LogP contribution >= 0.6 is 0 Å². The molecule has 0 saturated heterocycles. The standard InChI is InChI=1S/C27H25FN6O.C26H23FN6O.CH4/c1-16-11-17(13-19(28)12-16)3-8-24-30-25(26(31-24)23-9-10-34(32-23)20-5-6-20)18-4-7-22-21(14-18)27(35)33(2)15-29-22;1-15-10-16(12-18(27)11-15)2-7-23-30-24(17-3-6-21-20(13-17)26(34)29-14-28-21)25(31-23)22-8-9-33(32-22)19-4-5-19;/h4,7,9-15,20H,3,5-6,8H2,1-2H3,(H,30,31);3,6,8-14,19H,2,4-5,7H2,1H3,(H,30,31)(H,28,29,34);1H4. The first-order chi connectivity index (χ1) is 33.5. The fourth-order valence-corrected chi connectivity index (χ4v) is 8.91. The second-order valence-corrected chi connectivity index (χ2v) is 18.3. The van der Waals surface area contributed by atoms with Crippen LogP contribution in [-0.4, -0.2) is 59.0 Å². The van der Waals surface area contributed by atoms with Gasteiger partial charge in [0, 0.05) is 43.4 Å². The van der Waals surface area contributed by atoms with Crippen LogP contribution in [0.2, 0.25) is 0 Å². The summed E-state index contributed by atoms with van der Waals surface area (Å²) in [5.41, 5.74) is 11.0. The van der Waals surface area contributed by atoms with Gasteiger partial charge in [-0.05, 0) is 135 Å². The van der Waals surface area contributed by atoms with Gasteiger partial charge in [-0.3, -0.25) is 19.0 Å². The van der Waals surface area contributed by atoms with E-state index in [4.69, 9.17) is 20.2 Å². The third kappa shape index (κ3) is 9.62. The largest absolute Gasteiger partial charge is 0.340 e. The third-order valence-electron chi connectivity index (χ3n) is 12.7. The number of aryl methyl sites for hydroxylation is 7. The highest BCUT2D eigenvalue weighted by atomic mass is 19.1. The highest BCUT2D eigenvalue weighted by Gasteiger charge is 2.27. The number of hydrogen-bond donors (Lipinski definition) is 3. The van der Waals surface area contributed by atoms with Crippen molar-refractivity contribution in [2.75, 3.05) is 0 Å². The van der Waals surface area contributed by atoms with Crippen LogP contribution in [0.4, 0.5) is 8.78 Å². The summed E-state index contributed by atoms with van der Waals surface area (Å²) in [6.45, 7) is 3.78. The molecule has 0 bridgehead atoms. The maximum atomic E-state index is 13.9. The molecule has 0 spiro atoms. The maximum Gasteiger partial charge on any atom is 0.260 e. The Hall–Kier alpha value is -8.14. The lowest BCUT2D eigenvalue weighted by molar-refractivity contribution is 0.623. The van der Waals surface area contributed by atoms with Crippen LogP contribution in [0.1, 0.15) is 79.1 Å². The molecule has 70 heavy (non-hydrogen) atoms. The van der Waals surface area contributed by atoms with Gasteiger partial charge in [0.15, 0.2) is 0 Å². The molecule has 0 amide bonds. The van der Waals surface area contributed by atoms with E-state index in [9.17, 15) is 18.4 Å². The van der Waals surface area contributed by atoms with E-state index in [1.165, 1.54) is 29.4 Å². The Morgan fingerprint density at radius 2 is 1.11 bits per heavy atom. The SMILES string of the molecule is C.Cc1cc(F)cc(CCc2nc(-c3ccc4nc[nH]c(=O)c4c3)c(-c3ccn(C4CC4)n3)[nH]2)c1.Cc1cc(F)cc(CCc2nc(-c3ccc4ncn(C)c(=O)c4c3)c(-c3ccn(C4CC4)n3)[nH]2)c1. The second-order valence-electron chi connectivity index (χ2n) is 18.3. The average molecular weight is 939 g/mol. The molecule has 0 unspecified atom stereocenters. The first kappa shape index (κ1) is 45.6. The van der Waals surface area contributed by atoms with Gasteiger partial charge in [-0.15, -0.1) is 0 Å². The number of imidazole rings is 2. The first-order valence-electron chi connectivity index (χ1n) is 23.2. The van der Waals surface area contributed by atoms with Crippen LogP contribution < -0.4 is 11.1 Å². The van der Waals surface area contributed by atoms with Crippen LogP contribution in [0.15, 0.2) is 120 Å². The summed E-state index contributed by atoms with van der Waals surface area (Å²) in [5.74, 6) is 1.12. The zero-order chi connectivity index (χ0) is 47.3. The summed E-state index contributed by atoms with van der Waals surface area (Å²) in [4.78, 5) is 53.0. The quantitative estimate of drug-likeness (QED) is 0.109. The number of H-pyrrole nitrogens is 3. The Morgan fingerprint density at radius 1 is 0.614 bits per heavy atom. The van der Waals surface area contributed by atoms with Gasteiger partial charge in [0.2, 0.25) is 0 Å². The normalized spacial score (nSPS) is 13.4. The second kappa shape index (κ2) is 18.7. The number of aromatic amines is 3. The van der Waals surface area contributed by atoms with Crippen molar-refractivity contribution in [1.82, 2.24) is 59.0 Å². The van der Waals surface area contributed by atoms with E-state index in [1.807, 2.05) is 96.3 Å². The van der Waals surface area contributed by atoms with E-state index < -0.39 is 0 Å².